The molecule has 0 spiro atoms. The summed E-state index contributed by atoms with van der Waals surface area (Å²) in [6.45, 7) is 2.58. The normalized spacial score (nSPS) is 23.6. The van der Waals surface area contributed by atoms with E-state index >= 15 is 0 Å². The number of carbonyl (C=O) groups is 2. The Hall–Kier alpha value is -0.580. The quantitative estimate of drug-likeness (QED) is 0.783. The second-order valence-electron chi connectivity index (χ2n) is 3.82. The van der Waals surface area contributed by atoms with Gasteiger partial charge in [-0.25, -0.2) is 0 Å². The van der Waals surface area contributed by atoms with E-state index in [0.29, 0.717) is 13.0 Å². The van der Waals surface area contributed by atoms with Crippen molar-refractivity contribution in [1.82, 2.24) is 4.90 Å². The Morgan fingerprint density at radius 2 is 2.20 bits per heavy atom. The zero-order valence-electron chi connectivity index (χ0n) is 8.91. The van der Waals surface area contributed by atoms with Gasteiger partial charge in [0.05, 0.1) is 4.83 Å². The number of nitrogens with two attached hydrogens (primary N) is 1. The topological polar surface area (TPSA) is 63.4 Å². The Bertz CT molecular complexity index is 258. The molecule has 86 valence electrons. The van der Waals surface area contributed by atoms with Crippen molar-refractivity contribution >= 4 is 27.7 Å². The van der Waals surface area contributed by atoms with Gasteiger partial charge in [-0.15, -0.1) is 0 Å². The third-order valence-corrected chi connectivity index (χ3v) is 3.78. The molecule has 0 aromatic heterocycles. The van der Waals surface area contributed by atoms with Crippen molar-refractivity contribution in [2.45, 2.75) is 43.5 Å². The van der Waals surface area contributed by atoms with Crippen LogP contribution in [0.5, 0.6) is 0 Å². The van der Waals surface area contributed by atoms with Crippen molar-refractivity contribution in [2.24, 2.45) is 5.73 Å². The predicted octanol–water partition coefficient (Wildman–Crippen LogP) is 1.03. The lowest BCUT2D eigenvalue weighted by molar-refractivity contribution is -0.140. The molecule has 2 unspecified atom stereocenters. The molecule has 0 aromatic rings. The molecule has 2 amide bonds. The molecule has 1 saturated heterocycles. The van der Waals surface area contributed by atoms with E-state index in [2.05, 4.69) is 15.9 Å². The second kappa shape index (κ2) is 5.49. The number of nitrogens with zero attached hydrogens (tertiary/aromatic N) is 1. The first kappa shape index (κ1) is 12.5. The van der Waals surface area contributed by atoms with E-state index in [1.165, 1.54) is 0 Å². The van der Waals surface area contributed by atoms with E-state index in [1.807, 2.05) is 6.92 Å². The highest BCUT2D eigenvalue weighted by molar-refractivity contribution is 9.10. The SMILES string of the molecule is CCC(Br)C(=O)N1CCCCC1C(N)=O. The summed E-state index contributed by atoms with van der Waals surface area (Å²) in [5.41, 5.74) is 5.29. The molecule has 0 radical (unpaired) electrons. The van der Waals surface area contributed by atoms with E-state index in [1.54, 1.807) is 4.90 Å². The first-order valence-corrected chi connectivity index (χ1v) is 6.23. The van der Waals surface area contributed by atoms with Gasteiger partial charge in [-0.1, -0.05) is 22.9 Å². The minimum atomic E-state index is -0.405. The first-order valence-electron chi connectivity index (χ1n) is 5.31. The van der Waals surface area contributed by atoms with Crippen LogP contribution in [0.15, 0.2) is 0 Å². The maximum absolute atomic E-state index is 11.9. The number of alkyl halides is 1. The minimum Gasteiger partial charge on any atom is -0.368 e. The van der Waals surface area contributed by atoms with E-state index in [-0.39, 0.29) is 16.6 Å². The van der Waals surface area contributed by atoms with Crippen LogP contribution in [0.3, 0.4) is 0 Å². The summed E-state index contributed by atoms with van der Waals surface area (Å²) in [6.07, 6.45) is 3.35. The molecule has 15 heavy (non-hydrogen) atoms. The first-order chi connectivity index (χ1) is 7.07. The molecule has 1 aliphatic heterocycles. The highest BCUT2D eigenvalue weighted by Crippen LogP contribution is 2.20. The highest BCUT2D eigenvalue weighted by Gasteiger charge is 2.32. The van der Waals surface area contributed by atoms with Crippen LogP contribution in [-0.2, 0) is 9.59 Å². The van der Waals surface area contributed by atoms with Crippen molar-refractivity contribution in [3.63, 3.8) is 0 Å². The summed E-state index contributed by atoms with van der Waals surface area (Å²) in [6, 6.07) is -0.405. The maximum atomic E-state index is 11.9. The molecule has 0 aliphatic carbocycles. The van der Waals surface area contributed by atoms with Crippen molar-refractivity contribution in [3.05, 3.63) is 0 Å². The molecule has 1 heterocycles. The lowest BCUT2D eigenvalue weighted by atomic mass is 10.0. The van der Waals surface area contributed by atoms with Gasteiger partial charge in [0.15, 0.2) is 0 Å². The number of piperidine rings is 1. The second-order valence-corrected chi connectivity index (χ2v) is 4.93. The lowest BCUT2D eigenvalue weighted by Crippen LogP contribution is -2.52. The van der Waals surface area contributed by atoms with Crippen LogP contribution in [0.2, 0.25) is 0 Å². The van der Waals surface area contributed by atoms with Crippen LogP contribution >= 0.6 is 15.9 Å². The van der Waals surface area contributed by atoms with E-state index in [0.717, 1.165) is 19.3 Å². The van der Waals surface area contributed by atoms with Gasteiger partial charge in [0.2, 0.25) is 11.8 Å². The summed E-state index contributed by atoms with van der Waals surface area (Å²) in [4.78, 5) is 24.5. The number of hydrogen-bond donors (Lipinski definition) is 1. The fourth-order valence-corrected chi connectivity index (χ4v) is 2.11. The zero-order chi connectivity index (χ0) is 11.4. The van der Waals surface area contributed by atoms with Gasteiger partial charge in [-0.3, -0.25) is 9.59 Å². The van der Waals surface area contributed by atoms with Gasteiger partial charge in [0.1, 0.15) is 6.04 Å². The Balaban J connectivity index is 2.71. The van der Waals surface area contributed by atoms with Gasteiger partial charge >= 0.3 is 0 Å². The highest BCUT2D eigenvalue weighted by atomic mass is 79.9. The van der Waals surface area contributed by atoms with Crippen LogP contribution < -0.4 is 5.73 Å². The molecule has 5 heteroatoms. The van der Waals surface area contributed by atoms with Crippen molar-refractivity contribution in [2.75, 3.05) is 6.54 Å². The molecule has 4 nitrogen and oxygen atoms in total. The fourth-order valence-electron chi connectivity index (χ4n) is 1.85. The Morgan fingerprint density at radius 1 is 1.53 bits per heavy atom. The third-order valence-electron chi connectivity index (χ3n) is 2.74. The number of likely N-dealkylation sites (tertiary alicyclic amines) is 1. The summed E-state index contributed by atoms with van der Waals surface area (Å²) in [7, 11) is 0. The summed E-state index contributed by atoms with van der Waals surface area (Å²) in [5.74, 6) is -0.403. The largest absolute Gasteiger partial charge is 0.368 e. The van der Waals surface area contributed by atoms with Gasteiger partial charge in [0.25, 0.3) is 0 Å². The van der Waals surface area contributed by atoms with Gasteiger partial charge in [-0.2, -0.15) is 0 Å². The van der Waals surface area contributed by atoms with Crippen LogP contribution in [0.4, 0.5) is 0 Å². The van der Waals surface area contributed by atoms with Gasteiger partial charge in [-0.05, 0) is 25.7 Å². The smallest absolute Gasteiger partial charge is 0.240 e. The number of amides is 2. The Labute approximate surface area is 98.3 Å². The van der Waals surface area contributed by atoms with Crippen LogP contribution in [0.1, 0.15) is 32.6 Å². The molecular weight excluding hydrogens is 260 g/mol. The molecule has 0 saturated carbocycles. The predicted molar refractivity (Wildman–Crippen MR) is 61.6 cm³/mol. The van der Waals surface area contributed by atoms with Gasteiger partial charge in [0, 0.05) is 6.54 Å². The number of carbonyl (C=O) groups excluding carboxylic acids is 2. The van der Waals surface area contributed by atoms with Crippen LogP contribution in [0.25, 0.3) is 0 Å². The van der Waals surface area contributed by atoms with Crippen LogP contribution in [-0.4, -0.2) is 34.1 Å². The minimum absolute atomic E-state index is 0.0130. The molecule has 0 aromatic carbocycles. The number of rotatable bonds is 3. The molecule has 2 N–H and O–H groups in total. The number of halogens is 1. The van der Waals surface area contributed by atoms with Crippen molar-refractivity contribution < 1.29 is 9.59 Å². The van der Waals surface area contributed by atoms with E-state index < -0.39 is 6.04 Å². The van der Waals surface area contributed by atoms with Crippen molar-refractivity contribution in [1.29, 1.82) is 0 Å². The van der Waals surface area contributed by atoms with Crippen molar-refractivity contribution in [3.8, 4) is 0 Å². The number of hydrogen-bond acceptors (Lipinski definition) is 2. The van der Waals surface area contributed by atoms with E-state index in [9.17, 15) is 9.59 Å². The fraction of sp³-hybridized carbons (Fsp3) is 0.800. The van der Waals surface area contributed by atoms with Crippen LogP contribution in [0, 0.1) is 0 Å². The van der Waals surface area contributed by atoms with E-state index in [4.69, 9.17) is 5.73 Å². The number of primary amides is 1. The standard InChI is InChI=1S/C10H17BrN2O2/c1-2-7(11)10(15)13-6-4-3-5-8(13)9(12)14/h7-8H,2-6H2,1H3,(H2,12,14). The zero-order valence-corrected chi connectivity index (χ0v) is 10.5. The lowest BCUT2D eigenvalue weighted by Gasteiger charge is -2.34. The van der Waals surface area contributed by atoms with Gasteiger partial charge < -0.3 is 10.6 Å². The average Bonchev–Trinajstić information content (AvgIpc) is 2.27. The maximum Gasteiger partial charge on any atom is 0.240 e. The summed E-state index contributed by atoms with van der Waals surface area (Å²) < 4.78 is 0. The summed E-state index contributed by atoms with van der Waals surface area (Å²) in [5, 5.41) is 0. The average molecular weight is 277 g/mol. The molecule has 1 aliphatic rings. The Kier molecular flexibility index (Phi) is 4.57. The molecule has 1 rings (SSSR count). The molecule has 0 bridgehead atoms. The Morgan fingerprint density at radius 3 is 2.73 bits per heavy atom. The molecule has 2 atom stereocenters. The third kappa shape index (κ3) is 2.93. The molecule has 1 fully saturated rings. The monoisotopic (exact) mass is 276 g/mol. The molecular formula is C10H17BrN2O2. The summed E-state index contributed by atoms with van der Waals surface area (Å²) >= 11 is 3.31.